The zero-order valence-corrected chi connectivity index (χ0v) is 27.8. The van der Waals surface area contributed by atoms with Gasteiger partial charge in [-0.15, -0.1) is 0 Å². The van der Waals surface area contributed by atoms with Crippen LogP contribution in [0.2, 0.25) is 0 Å². The maximum atomic E-state index is 13.1. The number of unbranched alkanes of at least 4 members (excludes halogenated alkanes) is 1. The molecule has 0 spiro atoms. The van der Waals surface area contributed by atoms with E-state index < -0.39 is 0 Å². The number of ketones is 1. The van der Waals surface area contributed by atoms with Crippen LogP contribution in [0.25, 0.3) is 22.6 Å². The number of aromatic nitrogens is 5. The molecule has 4 atom stereocenters. The van der Waals surface area contributed by atoms with E-state index in [1.54, 1.807) is 6.92 Å². The molecule has 2 fully saturated rings. The molecule has 238 valence electrons. The Bertz CT molecular complexity index is 1520. The Hall–Kier alpha value is -2.79. The second kappa shape index (κ2) is 13.3. The van der Waals surface area contributed by atoms with Crippen molar-refractivity contribution in [2.24, 2.45) is 5.92 Å². The summed E-state index contributed by atoms with van der Waals surface area (Å²) in [5, 5.41) is 10.7. The SMILES string of the molecule is CCCCC(=O)C1CCCc2c(-c3nc(N4CC(C)CC[C@@H]4CSC(C)=O)c4c(C)nn(CC5CCCN5C)c4n3)noc21. The summed E-state index contributed by atoms with van der Waals surface area (Å²) in [6.07, 6.45) is 9.43. The van der Waals surface area contributed by atoms with E-state index in [0.717, 1.165) is 105 Å². The monoisotopic (exact) mass is 621 g/mol. The van der Waals surface area contributed by atoms with E-state index in [1.807, 2.05) is 0 Å². The summed E-state index contributed by atoms with van der Waals surface area (Å²) in [4.78, 5) is 40.4. The number of nitrogens with zero attached hydrogens (tertiary/aromatic N) is 7. The van der Waals surface area contributed by atoms with Gasteiger partial charge in [0.05, 0.1) is 23.5 Å². The smallest absolute Gasteiger partial charge is 0.186 e. The van der Waals surface area contributed by atoms with E-state index in [1.165, 1.54) is 18.2 Å². The first-order valence-electron chi connectivity index (χ1n) is 16.6. The first-order chi connectivity index (χ1) is 21.2. The van der Waals surface area contributed by atoms with Crippen LogP contribution in [0.15, 0.2) is 4.52 Å². The third kappa shape index (κ3) is 6.18. The van der Waals surface area contributed by atoms with Gasteiger partial charge in [-0.25, -0.2) is 14.6 Å². The van der Waals surface area contributed by atoms with Gasteiger partial charge < -0.3 is 14.3 Å². The van der Waals surface area contributed by atoms with Crippen molar-refractivity contribution in [2.75, 3.05) is 30.8 Å². The first-order valence-corrected chi connectivity index (χ1v) is 17.6. The quantitative estimate of drug-likeness (QED) is 0.269. The van der Waals surface area contributed by atoms with Crippen LogP contribution >= 0.6 is 11.8 Å². The van der Waals surface area contributed by atoms with Gasteiger partial charge in [0.25, 0.3) is 0 Å². The molecule has 2 saturated heterocycles. The van der Waals surface area contributed by atoms with Gasteiger partial charge >= 0.3 is 0 Å². The lowest BCUT2D eigenvalue weighted by molar-refractivity contribution is -0.121. The number of hydrogen-bond acceptors (Lipinski definition) is 10. The molecule has 2 aliphatic heterocycles. The van der Waals surface area contributed by atoms with E-state index in [2.05, 4.69) is 47.5 Å². The summed E-state index contributed by atoms with van der Waals surface area (Å²) in [6.45, 7) is 10.8. The van der Waals surface area contributed by atoms with Crippen molar-refractivity contribution < 1.29 is 14.1 Å². The number of rotatable bonds is 10. The van der Waals surface area contributed by atoms with Gasteiger partial charge in [0, 0.05) is 43.3 Å². The Morgan fingerprint density at radius 3 is 2.68 bits per heavy atom. The highest BCUT2D eigenvalue weighted by Crippen LogP contribution is 2.40. The molecule has 3 aromatic rings. The molecule has 0 amide bonds. The Morgan fingerprint density at radius 1 is 1.09 bits per heavy atom. The minimum atomic E-state index is -0.239. The fourth-order valence-electron chi connectivity index (χ4n) is 7.39. The summed E-state index contributed by atoms with van der Waals surface area (Å²) in [5.41, 5.74) is 3.37. The highest BCUT2D eigenvalue weighted by molar-refractivity contribution is 8.13. The summed E-state index contributed by atoms with van der Waals surface area (Å²) < 4.78 is 8.05. The second-order valence-electron chi connectivity index (χ2n) is 13.3. The molecule has 0 radical (unpaired) electrons. The predicted octanol–water partition coefficient (Wildman–Crippen LogP) is 5.95. The van der Waals surface area contributed by atoms with Crippen LogP contribution in [-0.2, 0) is 22.6 Å². The van der Waals surface area contributed by atoms with E-state index in [4.69, 9.17) is 19.6 Å². The average molecular weight is 622 g/mol. The van der Waals surface area contributed by atoms with Crippen molar-refractivity contribution in [3.63, 3.8) is 0 Å². The molecule has 6 rings (SSSR count). The Labute approximate surface area is 264 Å². The van der Waals surface area contributed by atoms with E-state index in [-0.39, 0.29) is 22.9 Å². The van der Waals surface area contributed by atoms with Gasteiger partial charge in [-0.05, 0) is 77.8 Å². The summed E-state index contributed by atoms with van der Waals surface area (Å²) >= 11 is 1.39. The number of likely N-dealkylation sites (tertiary alicyclic amines) is 1. The average Bonchev–Trinajstić information content (AvgIpc) is 3.71. The number of hydrogen-bond donors (Lipinski definition) is 0. The summed E-state index contributed by atoms with van der Waals surface area (Å²) in [5.74, 6) is 3.35. The van der Waals surface area contributed by atoms with Gasteiger partial charge in [-0.1, -0.05) is 37.2 Å². The van der Waals surface area contributed by atoms with Crippen molar-refractivity contribution in [1.29, 1.82) is 0 Å². The molecule has 0 bridgehead atoms. The molecule has 3 aliphatic rings. The van der Waals surface area contributed by atoms with Crippen molar-refractivity contribution in [1.82, 2.24) is 29.8 Å². The van der Waals surface area contributed by atoms with Crippen molar-refractivity contribution in [3.05, 3.63) is 17.0 Å². The minimum Gasteiger partial charge on any atom is -0.360 e. The van der Waals surface area contributed by atoms with E-state index in [0.29, 0.717) is 35.7 Å². The first kappa shape index (κ1) is 31.2. The van der Waals surface area contributed by atoms with Crippen LogP contribution in [-0.4, -0.2) is 78.7 Å². The highest BCUT2D eigenvalue weighted by Gasteiger charge is 2.36. The summed E-state index contributed by atoms with van der Waals surface area (Å²) in [7, 11) is 2.19. The number of anilines is 1. The topological polar surface area (TPSA) is 110 Å². The fourth-order valence-corrected chi connectivity index (χ4v) is 8.17. The van der Waals surface area contributed by atoms with Crippen LogP contribution in [0.5, 0.6) is 0 Å². The van der Waals surface area contributed by atoms with Crippen LogP contribution in [0.4, 0.5) is 5.82 Å². The third-order valence-corrected chi connectivity index (χ3v) is 10.9. The Kier molecular flexibility index (Phi) is 9.42. The van der Waals surface area contributed by atoms with Gasteiger partial charge in [-0.2, -0.15) is 5.10 Å². The molecule has 0 saturated carbocycles. The maximum Gasteiger partial charge on any atom is 0.186 e. The van der Waals surface area contributed by atoms with Crippen LogP contribution in [0.1, 0.15) is 101 Å². The highest BCUT2D eigenvalue weighted by atomic mass is 32.2. The fraction of sp³-hybridized carbons (Fsp3) is 0.697. The summed E-state index contributed by atoms with van der Waals surface area (Å²) in [6, 6.07) is 0.588. The number of Topliss-reactive ketones (excluding diaryl/α,β-unsaturated/α-hetero) is 1. The molecule has 0 N–H and O–H groups in total. The number of piperidine rings is 1. The Morgan fingerprint density at radius 2 is 1.93 bits per heavy atom. The number of thioether (sulfide) groups is 1. The molecule has 3 aromatic heterocycles. The molecule has 3 unspecified atom stereocenters. The third-order valence-electron chi connectivity index (χ3n) is 9.93. The molecule has 1 aliphatic carbocycles. The van der Waals surface area contributed by atoms with Gasteiger partial charge in [-0.3, -0.25) is 9.59 Å². The van der Waals surface area contributed by atoms with Crippen molar-refractivity contribution in [3.8, 4) is 11.5 Å². The number of carbonyl (C=O) groups is 2. The zero-order chi connectivity index (χ0) is 31.0. The molecule has 10 nitrogen and oxygen atoms in total. The van der Waals surface area contributed by atoms with Gasteiger partial charge in [0.1, 0.15) is 11.6 Å². The standard InChI is InChI=1S/C33H47N7O3S/c1-6-7-13-27(42)25-11-8-12-26-29(37-43-30(25)26)31-34-32(39-17-20(2)14-15-24(39)19-44-22(4)41)28-21(3)36-40(33(28)35-31)18-23-10-9-16-38(23)5/h20,23-25H,6-19H2,1-5H3/t20?,23?,24-,25?/m1/s1. The number of likely N-dealkylation sites (N-methyl/N-ethyl adjacent to an activating group) is 1. The lowest BCUT2D eigenvalue weighted by Crippen LogP contribution is -2.45. The lowest BCUT2D eigenvalue weighted by Gasteiger charge is -2.39. The normalized spacial score (nSPS) is 24.2. The van der Waals surface area contributed by atoms with E-state index >= 15 is 0 Å². The molecular formula is C33H47N7O3S. The largest absolute Gasteiger partial charge is 0.360 e. The maximum absolute atomic E-state index is 13.1. The van der Waals surface area contributed by atoms with E-state index in [9.17, 15) is 9.59 Å². The van der Waals surface area contributed by atoms with Crippen LogP contribution in [0, 0.1) is 12.8 Å². The number of aryl methyl sites for hydroxylation is 1. The van der Waals surface area contributed by atoms with Crippen molar-refractivity contribution in [2.45, 2.75) is 116 Å². The minimum absolute atomic E-state index is 0.138. The Balaban J connectivity index is 1.47. The molecule has 0 aromatic carbocycles. The lowest BCUT2D eigenvalue weighted by atomic mass is 9.83. The van der Waals surface area contributed by atoms with Crippen LogP contribution < -0.4 is 4.90 Å². The van der Waals surface area contributed by atoms with Crippen molar-refractivity contribution >= 4 is 39.5 Å². The molecule has 44 heavy (non-hydrogen) atoms. The number of carbonyl (C=O) groups excluding carboxylic acids is 2. The predicted molar refractivity (Wildman–Crippen MR) is 174 cm³/mol. The van der Waals surface area contributed by atoms with Gasteiger partial charge in [0.2, 0.25) is 0 Å². The zero-order valence-electron chi connectivity index (χ0n) is 27.0. The number of fused-ring (bicyclic) bond motifs is 2. The molecular weight excluding hydrogens is 574 g/mol. The molecule has 11 heteroatoms. The second-order valence-corrected chi connectivity index (χ2v) is 14.5. The van der Waals surface area contributed by atoms with Crippen LogP contribution in [0.3, 0.4) is 0 Å². The molecule has 5 heterocycles. The van der Waals surface area contributed by atoms with Gasteiger partial charge in [0.15, 0.2) is 28.0 Å².